The highest BCUT2D eigenvalue weighted by Gasteiger charge is 2.29. The number of carbonyl (C=O) groups is 2. The van der Waals surface area contributed by atoms with E-state index in [0.717, 1.165) is 57.8 Å². The topological polar surface area (TPSA) is 98.1 Å². The van der Waals surface area contributed by atoms with Gasteiger partial charge in [0.2, 0.25) is 0 Å². The van der Waals surface area contributed by atoms with E-state index in [1.165, 1.54) is 109 Å². The van der Waals surface area contributed by atoms with Gasteiger partial charge in [0.05, 0.1) is 25.7 Å². The van der Waals surface area contributed by atoms with Crippen molar-refractivity contribution >= 4 is 20.5 Å². The van der Waals surface area contributed by atoms with Crippen molar-refractivity contribution in [3.63, 3.8) is 0 Å². The Morgan fingerprint density at radius 2 is 0.965 bits per heavy atom. The van der Waals surface area contributed by atoms with E-state index >= 15 is 0 Å². The van der Waals surface area contributed by atoms with Gasteiger partial charge < -0.3 is 18.5 Å². The second-order valence-corrected chi connectivity index (χ2v) is 17.8. The number of hydrogen-bond donors (Lipinski definition) is 0. The molecule has 8 nitrogen and oxygen atoms in total. The van der Waals surface area contributed by atoms with Gasteiger partial charge in [-0.3, -0.25) is 9.59 Å². The number of nitriles is 1. The molecule has 1 unspecified atom stereocenters. The Hall–Kier alpha value is -1.78. The average molecular weight is 821 g/mol. The van der Waals surface area contributed by atoms with Crippen LogP contribution in [-0.2, 0) is 28.1 Å². The fraction of sp³-hybridized carbons (Fsp3) is 0.854. The quantitative estimate of drug-likeness (QED) is 0.0260. The molecule has 0 heterocycles. The molecule has 0 saturated heterocycles. The monoisotopic (exact) mass is 821 g/mol. The molecule has 0 N–H and O–H groups in total. The minimum atomic E-state index is -1.51. The minimum absolute atomic E-state index is 0.0486. The van der Waals surface area contributed by atoms with E-state index in [1.54, 1.807) is 0 Å². The molecule has 0 aromatic rings. The number of rotatable bonds is 42. The number of hydrogen-bond acceptors (Lipinski definition) is 8. The number of esters is 2. The van der Waals surface area contributed by atoms with E-state index in [1.807, 2.05) is 0 Å². The lowest BCUT2D eigenvalue weighted by Gasteiger charge is -2.36. The minimum Gasteiger partial charge on any atom is -0.462 e. The van der Waals surface area contributed by atoms with Crippen LogP contribution in [0.15, 0.2) is 24.3 Å². The van der Waals surface area contributed by atoms with Crippen LogP contribution >= 0.6 is 8.53 Å². The highest BCUT2D eigenvalue weighted by atomic mass is 31.2. The molecular formula is C48H89N2O6P. The van der Waals surface area contributed by atoms with Crippen molar-refractivity contribution in [1.82, 2.24) is 4.67 Å². The van der Waals surface area contributed by atoms with Gasteiger partial charge in [0.25, 0.3) is 8.53 Å². The Bertz CT molecular complexity index is 1010. The maximum atomic E-state index is 13.0. The largest absolute Gasteiger partial charge is 0.462 e. The summed E-state index contributed by atoms with van der Waals surface area (Å²) in [5.74, 6) is -0.571. The molecule has 2 atom stereocenters. The van der Waals surface area contributed by atoms with Crippen LogP contribution in [0.1, 0.15) is 228 Å². The summed E-state index contributed by atoms with van der Waals surface area (Å²) in [6.45, 7) is 13.1. The molecule has 0 bridgehead atoms. The molecule has 0 rings (SSSR count). The molecule has 0 aromatic heterocycles. The molecular weight excluding hydrogens is 732 g/mol. The van der Waals surface area contributed by atoms with Gasteiger partial charge in [0, 0.05) is 24.9 Å². The molecule has 0 aliphatic heterocycles. The lowest BCUT2D eigenvalue weighted by Crippen LogP contribution is -2.35. The van der Waals surface area contributed by atoms with Crippen molar-refractivity contribution in [1.29, 1.82) is 5.26 Å². The molecule has 0 amide bonds. The van der Waals surface area contributed by atoms with E-state index in [9.17, 15) is 9.59 Å². The fourth-order valence-electron chi connectivity index (χ4n) is 6.76. The summed E-state index contributed by atoms with van der Waals surface area (Å²) in [6, 6.07) is 2.41. The third kappa shape index (κ3) is 37.0. The van der Waals surface area contributed by atoms with Crippen molar-refractivity contribution in [2.45, 2.75) is 246 Å². The van der Waals surface area contributed by atoms with Crippen LogP contribution in [0, 0.1) is 11.3 Å². The Morgan fingerprint density at radius 3 is 1.39 bits per heavy atom. The summed E-state index contributed by atoms with van der Waals surface area (Å²) in [5, 5.41) is 9.07. The molecule has 0 aliphatic rings. The first-order chi connectivity index (χ1) is 27.8. The molecule has 0 fully saturated rings. The standard InChI is InChI=1S/C48H89N2O6P/c1-7-9-11-13-15-17-19-21-23-25-27-29-31-33-35-38-47(51)53-42-46(43-55-57(54-41-37-40-49)50(44(3)4)45(5)6)56-48(52)39-36-34-32-30-28-26-24-22-20-18-16-14-12-10-8-2/h21-24,44-46H,7-20,25-39,41-43H2,1-6H3/b23-21-,24-22-/t46-,57?/m0/s1. The highest BCUT2D eigenvalue weighted by Crippen LogP contribution is 2.46. The lowest BCUT2D eigenvalue weighted by atomic mass is 10.1. The van der Waals surface area contributed by atoms with Crippen LogP contribution in [0.2, 0.25) is 0 Å². The van der Waals surface area contributed by atoms with E-state index in [0.29, 0.717) is 12.8 Å². The van der Waals surface area contributed by atoms with Crippen molar-refractivity contribution in [2.75, 3.05) is 19.8 Å². The smallest absolute Gasteiger partial charge is 0.306 e. The summed E-state index contributed by atoms with van der Waals surface area (Å²) in [6.07, 6.45) is 40.8. The molecule has 0 aromatic carbocycles. The van der Waals surface area contributed by atoms with Crippen LogP contribution in [0.4, 0.5) is 0 Å². The first-order valence-corrected chi connectivity index (χ1v) is 24.8. The Kier molecular flexibility index (Phi) is 41.0. The zero-order valence-electron chi connectivity index (χ0n) is 38.0. The fourth-order valence-corrected chi connectivity index (χ4v) is 8.40. The highest BCUT2D eigenvalue weighted by molar-refractivity contribution is 7.44. The summed E-state index contributed by atoms with van der Waals surface area (Å²) in [7, 11) is -1.51. The summed E-state index contributed by atoms with van der Waals surface area (Å²) in [4.78, 5) is 25.7. The third-order valence-electron chi connectivity index (χ3n) is 10.0. The van der Waals surface area contributed by atoms with E-state index in [4.69, 9.17) is 23.8 Å². The van der Waals surface area contributed by atoms with Gasteiger partial charge in [-0.15, -0.1) is 0 Å². The average Bonchev–Trinajstić information content (AvgIpc) is 3.18. The van der Waals surface area contributed by atoms with Gasteiger partial charge >= 0.3 is 11.9 Å². The third-order valence-corrected chi connectivity index (χ3v) is 12.1. The van der Waals surface area contributed by atoms with Gasteiger partial charge in [-0.1, -0.05) is 141 Å². The Labute approximate surface area is 353 Å². The summed E-state index contributed by atoms with van der Waals surface area (Å²) < 4.78 is 25.9. The van der Waals surface area contributed by atoms with E-state index < -0.39 is 14.6 Å². The maximum absolute atomic E-state index is 13.0. The van der Waals surface area contributed by atoms with Gasteiger partial charge in [0.15, 0.2) is 6.10 Å². The van der Waals surface area contributed by atoms with Crippen LogP contribution < -0.4 is 0 Å². The number of ether oxygens (including phenoxy) is 2. The van der Waals surface area contributed by atoms with Gasteiger partial charge in [-0.2, -0.15) is 5.26 Å². The van der Waals surface area contributed by atoms with Crippen molar-refractivity contribution in [2.24, 2.45) is 0 Å². The summed E-state index contributed by atoms with van der Waals surface area (Å²) >= 11 is 0. The maximum Gasteiger partial charge on any atom is 0.306 e. The van der Waals surface area contributed by atoms with Gasteiger partial charge in [0.1, 0.15) is 6.61 Å². The zero-order chi connectivity index (χ0) is 42.0. The predicted octanol–water partition coefficient (Wildman–Crippen LogP) is 14.8. The Morgan fingerprint density at radius 1 is 0.561 bits per heavy atom. The SMILES string of the molecule is CCCCCCCC/C=C\CCCCCCCC(=O)OC[C@@H](COP(OCCC#N)N(C(C)C)C(C)C)OC(=O)CCCCCCC/C=C\CCCCCCCC. The predicted molar refractivity (Wildman–Crippen MR) is 241 cm³/mol. The van der Waals surface area contributed by atoms with E-state index in [-0.39, 0.29) is 50.3 Å². The molecule has 0 aliphatic carbocycles. The zero-order valence-corrected chi connectivity index (χ0v) is 38.9. The van der Waals surface area contributed by atoms with Crippen molar-refractivity contribution in [3.05, 3.63) is 24.3 Å². The number of carbonyl (C=O) groups excluding carboxylic acids is 2. The molecule has 9 heteroatoms. The van der Waals surface area contributed by atoms with Crippen LogP contribution in [-0.4, -0.2) is 54.6 Å². The van der Waals surface area contributed by atoms with Crippen LogP contribution in [0.3, 0.4) is 0 Å². The second-order valence-electron chi connectivity index (χ2n) is 16.3. The second kappa shape index (κ2) is 42.3. The van der Waals surface area contributed by atoms with Gasteiger partial charge in [-0.25, -0.2) is 4.67 Å². The molecule has 57 heavy (non-hydrogen) atoms. The molecule has 0 spiro atoms. The first-order valence-electron chi connectivity index (χ1n) is 23.6. The van der Waals surface area contributed by atoms with Crippen molar-refractivity contribution < 1.29 is 28.1 Å². The van der Waals surface area contributed by atoms with Crippen molar-refractivity contribution in [3.8, 4) is 6.07 Å². The van der Waals surface area contributed by atoms with Gasteiger partial charge in [-0.05, 0) is 91.9 Å². The molecule has 0 radical (unpaired) electrons. The lowest BCUT2D eigenvalue weighted by molar-refractivity contribution is -0.161. The normalized spacial score (nSPS) is 13.0. The number of unbranched alkanes of at least 4 members (excludes halogenated alkanes) is 22. The Balaban J connectivity index is 4.69. The van der Waals surface area contributed by atoms with Crippen LogP contribution in [0.5, 0.6) is 0 Å². The molecule has 0 saturated carbocycles. The number of allylic oxidation sites excluding steroid dienone is 4. The van der Waals surface area contributed by atoms with Crippen LogP contribution in [0.25, 0.3) is 0 Å². The number of nitrogens with zero attached hydrogens (tertiary/aromatic N) is 2. The summed E-state index contributed by atoms with van der Waals surface area (Å²) in [5.41, 5.74) is 0. The molecule has 332 valence electrons. The van der Waals surface area contributed by atoms with E-state index in [2.05, 4.69) is 76.6 Å². The first kappa shape index (κ1) is 55.2.